The molecule has 2 aromatic rings. The molecule has 0 saturated heterocycles. The van der Waals surface area contributed by atoms with Gasteiger partial charge in [0.25, 0.3) is 5.56 Å². The lowest BCUT2D eigenvalue weighted by atomic mass is 10.2. The molecule has 6 nitrogen and oxygen atoms in total. The van der Waals surface area contributed by atoms with Crippen LogP contribution in [0.25, 0.3) is 11.2 Å². The van der Waals surface area contributed by atoms with Gasteiger partial charge in [0.1, 0.15) is 22.6 Å². The molecule has 16 heavy (non-hydrogen) atoms. The van der Waals surface area contributed by atoms with Crippen LogP contribution in [-0.4, -0.2) is 25.6 Å². The fourth-order valence-corrected chi connectivity index (χ4v) is 1.67. The predicted octanol–water partition coefficient (Wildman–Crippen LogP) is 0.522. The van der Waals surface area contributed by atoms with E-state index in [0.717, 1.165) is 12.2 Å². The summed E-state index contributed by atoms with van der Waals surface area (Å²) in [5.41, 5.74) is 0.155. The van der Waals surface area contributed by atoms with Gasteiger partial charge in [0.05, 0.1) is 0 Å². The molecule has 6 heteroatoms. The number of pyridine rings is 1. The zero-order chi connectivity index (χ0) is 11.9. The predicted molar refractivity (Wildman–Crippen MR) is 57.7 cm³/mol. The third kappa shape index (κ3) is 1.39. The summed E-state index contributed by atoms with van der Waals surface area (Å²) in [6.07, 6.45) is 0.718. The molecule has 0 fully saturated rings. The monoisotopic (exact) mass is 221 g/mol. The molecule has 0 aliphatic carbocycles. The summed E-state index contributed by atoms with van der Waals surface area (Å²) in [6.45, 7) is 1.94. The standard InChI is InChI=1S/C10H11N3O3/c1-3-7-11-6-4-5(10(15)16)9(14)12-8(6)13(7)2/h4H,3H2,1-2H3,(H,12,14)(H,15,16). The first kappa shape index (κ1) is 10.4. The lowest BCUT2D eigenvalue weighted by Gasteiger charge is -1.98. The Morgan fingerprint density at radius 2 is 2.31 bits per heavy atom. The third-order valence-corrected chi connectivity index (χ3v) is 2.52. The number of aromatic carboxylic acids is 1. The number of carbonyl (C=O) groups is 1. The number of H-pyrrole nitrogens is 1. The summed E-state index contributed by atoms with van der Waals surface area (Å²) in [7, 11) is 1.78. The smallest absolute Gasteiger partial charge is 0.341 e. The maximum Gasteiger partial charge on any atom is 0.341 e. The second kappa shape index (κ2) is 3.48. The molecule has 0 aliphatic heterocycles. The summed E-state index contributed by atoms with van der Waals surface area (Å²) >= 11 is 0. The van der Waals surface area contributed by atoms with E-state index in [1.165, 1.54) is 6.07 Å². The zero-order valence-corrected chi connectivity index (χ0v) is 8.94. The van der Waals surface area contributed by atoms with Gasteiger partial charge in [-0.05, 0) is 6.07 Å². The Balaban J connectivity index is 2.82. The van der Waals surface area contributed by atoms with Crippen molar-refractivity contribution >= 4 is 17.1 Å². The van der Waals surface area contributed by atoms with Gasteiger partial charge in [-0.2, -0.15) is 0 Å². The number of nitrogens with one attached hydrogen (secondary N) is 1. The van der Waals surface area contributed by atoms with E-state index in [9.17, 15) is 9.59 Å². The van der Waals surface area contributed by atoms with E-state index in [1.54, 1.807) is 11.6 Å². The quantitative estimate of drug-likeness (QED) is 0.773. The average Bonchev–Trinajstić information content (AvgIpc) is 2.54. The molecule has 0 amide bonds. The van der Waals surface area contributed by atoms with E-state index < -0.39 is 11.5 Å². The lowest BCUT2D eigenvalue weighted by molar-refractivity contribution is 0.0695. The molecular weight excluding hydrogens is 210 g/mol. The minimum Gasteiger partial charge on any atom is -0.477 e. The van der Waals surface area contributed by atoms with Crippen molar-refractivity contribution in [1.29, 1.82) is 0 Å². The molecule has 0 saturated carbocycles. The first-order valence-corrected chi connectivity index (χ1v) is 4.86. The molecule has 0 atom stereocenters. The number of carboxylic acid groups (broad SMARTS) is 1. The third-order valence-electron chi connectivity index (χ3n) is 2.52. The Bertz CT molecular complexity index is 624. The van der Waals surface area contributed by atoms with Crippen LogP contribution in [-0.2, 0) is 13.5 Å². The van der Waals surface area contributed by atoms with Crippen molar-refractivity contribution in [2.24, 2.45) is 7.05 Å². The molecule has 0 aromatic carbocycles. The Labute approximate surface area is 90.5 Å². The SMILES string of the molecule is CCc1nc2cc(C(=O)O)c(=O)[nH]c2n1C. The molecule has 0 aliphatic rings. The van der Waals surface area contributed by atoms with E-state index in [1.807, 2.05) is 6.92 Å². The summed E-state index contributed by atoms with van der Waals surface area (Å²) in [5.74, 6) is -0.444. The second-order valence-electron chi connectivity index (χ2n) is 3.49. The molecule has 0 spiro atoms. The highest BCUT2D eigenvalue weighted by atomic mass is 16.4. The van der Waals surface area contributed by atoms with Crippen LogP contribution in [0.2, 0.25) is 0 Å². The van der Waals surface area contributed by atoms with Crippen LogP contribution in [0, 0.1) is 0 Å². The summed E-state index contributed by atoms with van der Waals surface area (Å²) < 4.78 is 1.75. The zero-order valence-electron chi connectivity index (χ0n) is 8.94. The molecule has 84 valence electrons. The van der Waals surface area contributed by atoms with Gasteiger partial charge in [0.15, 0.2) is 0 Å². The molecule has 2 N–H and O–H groups in total. The number of carboxylic acids is 1. The first-order chi connectivity index (χ1) is 7.54. The van der Waals surface area contributed by atoms with Crippen LogP contribution in [0.1, 0.15) is 23.1 Å². The van der Waals surface area contributed by atoms with Gasteiger partial charge in [-0.3, -0.25) is 4.79 Å². The van der Waals surface area contributed by atoms with Gasteiger partial charge < -0.3 is 14.7 Å². The van der Waals surface area contributed by atoms with Crippen molar-refractivity contribution in [2.75, 3.05) is 0 Å². The van der Waals surface area contributed by atoms with Crippen LogP contribution >= 0.6 is 0 Å². The average molecular weight is 221 g/mol. The van der Waals surface area contributed by atoms with E-state index >= 15 is 0 Å². The van der Waals surface area contributed by atoms with Crippen LogP contribution in [0.5, 0.6) is 0 Å². The van der Waals surface area contributed by atoms with E-state index in [-0.39, 0.29) is 5.56 Å². The lowest BCUT2D eigenvalue weighted by Crippen LogP contribution is -2.17. The number of rotatable bonds is 2. The van der Waals surface area contributed by atoms with Crippen LogP contribution in [0.15, 0.2) is 10.9 Å². The number of aromatic nitrogens is 3. The fraction of sp³-hybridized carbons (Fsp3) is 0.300. The molecule has 0 bridgehead atoms. The Hall–Kier alpha value is -2.11. The summed E-state index contributed by atoms with van der Waals surface area (Å²) in [4.78, 5) is 29.0. The number of fused-ring (bicyclic) bond motifs is 1. The van der Waals surface area contributed by atoms with Crippen LogP contribution in [0.4, 0.5) is 0 Å². The molecule has 2 rings (SSSR count). The van der Waals surface area contributed by atoms with E-state index in [0.29, 0.717) is 11.2 Å². The van der Waals surface area contributed by atoms with Gasteiger partial charge in [0, 0.05) is 13.5 Å². The first-order valence-electron chi connectivity index (χ1n) is 4.86. The molecule has 0 unspecified atom stereocenters. The number of nitrogens with zero attached hydrogens (tertiary/aromatic N) is 2. The maximum atomic E-state index is 11.4. The van der Waals surface area contributed by atoms with Crippen molar-refractivity contribution < 1.29 is 9.90 Å². The fourth-order valence-electron chi connectivity index (χ4n) is 1.67. The summed E-state index contributed by atoms with van der Waals surface area (Å²) in [5, 5.41) is 8.80. The summed E-state index contributed by atoms with van der Waals surface area (Å²) in [6, 6.07) is 1.30. The maximum absolute atomic E-state index is 11.4. The van der Waals surface area contributed by atoms with E-state index in [2.05, 4.69) is 9.97 Å². The highest BCUT2D eigenvalue weighted by molar-refractivity contribution is 5.90. The van der Waals surface area contributed by atoms with Crippen LogP contribution < -0.4 is 5.56 Å². The van der Waals surface area contributed by atoms with Gasteiger partial charge in [0.2, 0.25) is 0 Å². The minimum atomic E-state index is -1.24. The van der Waals surface area contributed by atoms with Crippen molar-refractivity contribution in [3.8, 4) is 0 Å². The highest BCUT2D eigenvalue weighted by Crippen LogP contribution is 2.12. The number of hydrogen-bond acceptors (Lipinski definition) is 3. The van der Waals surface area contributed by atoms with Gasteiger partial charge in [-0.1, -0.05) is 6.92 Å². The van der Waals surface area contributed by atoms with Gasteiger partial charge in [-0.15, -0.1) is 0 Å². The van der Waals surface area contributed by atoms with Crippen LogP contribution in [0.3, 0.4) is 0 Å². The number of aryl methyl sites for hydroxylation is 2. The largest absolute Gasteiger partial charge is 0.477 e. The normalized spacial score (nSPS) is 10.9. The van der Waals surface area contributed by atoms with Crippen molar-refractivity contribution in [3.63, 3.8) is 0 Å². The molecule has 2 heterocycles. The Morgan fingerprint density at radius 1 is 1.62 bits per heavy atom. The topological polar surface area (TPSA) is 88.0 Å². The van der Waals surface area contributed by atoms with Crippen molar-refractivity contribution in [2.45, 2.75) is 13.3 Å². The number of hydrogen-bond donors (Lipinski definition) is 2. The van der Waals surface area contributed by atoms with E-state index in [4.69, 9.17) is 5.11 Å². The van der Waals surface area contributed by atoms with Gasteiger partial charge >= 0.3 is 5.97 Å². The Kier molecular flexibility index (Phi) is 2.26. The molecule has 0 radical (unpaired) electrons. The van der Waals surface area contributed by atoms with Crippen molar-refractivity contribution in [3.05, 3.63) is 27.8 Å². The molecular formula is C10H11N3O3. The second-order valence-corrected chi connectivity index (χ2v) is 3.49. The number of aromatic amines is 1. The minimum absolute atomic E-state index is 0.284. The number of imidazole rings is 1. The van der Waals surface area contributed by atoms with Gasteiger partial charge in [-0.25, -0.2) is 9.78 Å². The molecule has 2 aromatic heterocycles. The Morgan fingerprint density at radius 3 is 2.88 bits per heavy atom. The highest BCUT2D eigenvalue weighted by Gasteiger charge is 2.14. The van der Waals surface area contributed by atoms with Crippen molar-refractivity contribution in [1.82, 2.24) is 14.5 Å².